The predicted octanol–water partition coefficient (Wildman–Crippen LogP) is 19.9. The quantitative estimate of drug-likeness (QED) is 0.159. The lowest BCUT2D eigenvalue weighted by molar-refractivity contribution is -0.00518. The highest BCUT2D eigenvalue weighted by Gasteiger charge is 2.51. The van der Waals surface area contributed by atoms with E-state index in [1.165, 1.54) is 60.4 Å². The Balaban J connectivity index is 0.895. The number of furan rings is 2. The smallest absolute Gasteiger partial charge is 0.168 e. The van der Waals surface area contributed by atoms with Crippen LogP contribution in [0.25, 0.3) is 149 Å². The fourth-order valence-electron chi connectivity index (χ4n) is 15.8. The summed E-state index contributed by atoms with van der Waals surface area (Å²) in [7, 11) is 0. The van der Waals surface area contributed by atoms with E-state index in [0.29, 0.717) is 22.9 Å². The van der Waals surface area contributed by atoms with Gasteiger partial charge in [0, 0.05) is 43.6 Å². The van der Waals surface area contributed by atoms with Crippen LogP contribution in [0, 0.1) is 17.8 Å². The second-order valence-corrected chi connectivity index (χ2v) is 23.7. The molecular weight excluding hydrogens is 989 g/mol. The van der Waals surface area contributed by atoms with E-state index in [0.717, 1.165) is 133 Å². The molecule has 19 rings (SSSR count). The third-order valence-corrected chi connectivity index (χ3v) is 19.0. The third-order valence-electron chi connectivity index (χ3n) is 19.0. The molecule has 6 heteroatoms. The molecule has 4 aliphatic carbocycles. The second-order valence-electron chi connectivity index (χ2n) is 23.7. The van der Waals surface area contributed by atoms with Crippen molar-refractivity contribution >= 4 is 87.2 Å². The first kappa shape index (κ1) is 45.2. The summed E-state index contributed by atoms with van der Waals surface area (Å²) in [6.07, 6.45) is 8.29. The van der Waals surface area contributed by atoms with Crippen LogP contribution < -0.4 is 0 Å². The number of rotatable bonds is 7. The highest BCUT2D eigenvalue weighted by Crippen LogP contribution is 2.61. The van der Waals surface area contributed by atoms with E-state index >= 15 is 0 Å². The Morgan fingerprint density at radius 2 is 0.988 bits per heavy atom. The molecule has 4 saturated carbocycles. The molecule has 4 bridgehead atoms. The molecule has 81 heavy (non-hydrogen) atoms. The summed E-state index contributed by atoms with van der Waals surface area (Å²) in [6, 6.07) is 81.2. The van der Waals surface area contributed by atoms with Gasteiger partial charge in [0.15, 0.2) is 17.5 Å². The van der Waals surface area contributed by atoms with Crippen LogP contribution in [-0.2, 0) is 5.41 Å². The van der Waals surface area contributed by atoms with Crippen LogP contribution in [0.3, 0.4) is 0 Å². The van der Waals surface area contributed by atoms with E-state index < -0.39 is 0 Å². The molecule has 4 aliphatic rings. The lowest BCUT2D eigenvalue weighted by Gasteiger charge is -2.57. The molecule has 0 spiro atoms. The Kier molecular flexibility index (Phi) is 9.59. The number of para-hydroxylation sites is 4. The first-order chi connectivity index (χ1) is 40.0. The van der Waals surface area contributed by atoms with E-state index in [9.17, 15) is 0 Å². The molecule has 0 aliphatic heterocycles. The Labute approximate surface area is 467 Å². The summed E-state index contributed by atoms with van der Waals surface area (Å²) >= 11 is 0. The van der Waals surface area contributed by atoms with Crippen LogP contribution in [0.1, 0.15) is 44.1 Å². The normalized spacial score (nSPS) is 18.7. The standard InChI is InChI=1S/C75H52N4O2/c1-2-15-55(16-3-1)79-64-23-10-8-19-58(64)59-31-27-49(40-65(59)79)52-36-51(47-25-29-54(30-26-47)75-41-44-33-45(42-75)35-46(34-44)43-75)37-53(38-52)72-76-73(62-22-12-21-61-60-20-9-11-24-66(60)80-70(61)62)78-74(77-72)69-57-18-7-5-14-50(57)39-63-68-56-17-6-4-13-48(56)28-32-67(68)81-71(63)69/h1-32,36-40,44-46H,33-35,41-43H2. The number of fused-ring (bicyclic) bond motifs is 12. The maximum Gasteiger partial charge on any atom is 0.168 e. The lowest BCUT2D eigenvalue weighted by atomic mass is 9.48. The fraction of sp³-hybridized carbons (Fsp3) is 0.133. The topological polar surface area (TPSA) is 69.9 Å². The maximum atomic E-state index is 7.07. The van der Waals surface area contributed by atoms with Crippen LogP contribution in [0.15, 0.2) is 233 Å². The minimum Gasteiger partial charge on any atom is -0.455 e. The zero-order chi connectivity index (χ0) is 52.9. The SMILES string of the molecule is c1ccc(-n2c3ccccc3c3ccc(-c4cc(-c5ccc(C67CC8CC(CC(C8)C6)C7)cc5)cc(-c5nc(-c6cccc7c6oc6ccccc67)nc(-c6c7ccccc7cc7c6oc6ccc8ccccc8c67)n5)c4)cc32)cc1. The Morgan fingerprint density at radius 1 is 0.370 bits per heavy atom. The minimum absolute atomic E-state index is 0.299. The van der Waals surface area contributed by atoms with Crippen molar-refractivity contribution in [1.29, 1.82) is 0 Å². The van der Waals surface area contributed by atoms with E-state index in [1.54, 1.807) is 0 Å². The highest BCUT2D eigenvalue weighted by molar-refractivity contribution is 6.24. The molecular formula is C75H52N4O2. The van der Waals surface area contributed by atoms with Gasteiger partial charge in [0.05, 0.1) is 22.2 Å². The first-order valence-electron chi connectivity index (χ1n) is 28.8. The van der Waals surface area contributed by atoms with Crippen molar-refractivity contribution in [1.82, 2.24) is 19.5 Å². The van der Waals surface area contributed by atoms with Crippen LogP contribution in [-0.4, -0.2) is 19.5 Å². The largest absolute Gasteiger partial charge is 0.455 e. The number of aromatic nitrogens is 4. The summed E-state index contributed by atoms with van der Waals surface area (Å²) in [6.45, 7) is 0. The molecule has 15 aromatic rings. The third kappa shape index (κ3) is 6.96. The van der Waals surface area contributed by atoms with Crippen molar-refractivity contribution in [2.45, 2.75) is 43.9 Å². The summed E-state index contributed by atoms with van der Waals surface area (Å²) in [5.74, 6) is 4.21. The van der Waals surface area contributed by atoms with E-state index in [1.807, 2.05) is 12.1 Å². The predicted molar refractivity (Wildman–Crippen MR) is 331 cm³/mol. The van der Waals surface area contributed by atoms with E-state index in [4.69, 9.17) is 23.8 Å². The summed E-state index contributed by atoms with van der Waals surface area (Å²) < 4.78 is 16.2. The van der Waals surface area contributed by atoms with Gasteiger partial charge in [-0.3, -0.25) is 0 Å². The number of benzene rings is 11. The monoisotopic (exact) mass is 1040 g/mol. The molecule has 6 nitrogen and oxygen atoms in total. The van der Waals surface area contributed by atoms with Crippen LogP contribution >= 0.6 is 0 Å². The Hall–Kier alpha value is -9.65. The molecule has 4 fully saturated rings. The van der Waals surface area contributed by atoms with Gasteiger partial charge < -0.3 is 13.4 Å². The Morgan fingerprint density at radius 3 is 1.80 bits per heavy atom. The van der Waals surface area contributed by atoms with Crippen molar-refractivity contribution in [3.63, 3.8) is 0 Å². The number of hydrogen-bond acceptors (Lipinski definition) is 5. The second kappa shape index (κ2) is 17.2. The average molecular weight is 1040 g/mol. The molecule has 0 saturated heterocycles. The molecule has 0 radical (unpaired) electrons. The van der Waals surface area contributed by atoms with Gasteiger partial charge in [-0.2, -0.15) is 0 Å². The van der Waals surface area contributed by atoms with Gasteiger partial charge in [0.2, 0.25) is 0 Å². The average Bonchev–Trinajstić information content (AvgIpc) is 4.43. The van der Waals surface area contributed by atoms with Crippen molar-refractivity contribution in [3.8, 4) is 62.1 Å². The molecule has 11 aromatic carbocycles. The fourth-order valence-corrected chi connectivity index (χ4v) is 15.8. The zero-order valence-corrected chi connectivity index (χ0v) is 44.4. The molecule has 0 N–H and O–H groups in total. The van der Waals surface area contributed by atoms with Gasteiger partial charge in [-0.1, -0.05) is 158 Å². The van der Waals surface area contributed by atoms with Crippen molar-refractivity contribution in [2.75, 3.05) is 0 Å². The number of nitrogens with zero attached hydrogens (tertiary/aromatic N) is 4. The van der Waals surface area contributed by atoms with Crippen LogP contribution in [0.2, 0.25) is 0 Å². The molecule has 0 amide bonds. The van der Waals surface area contributed by atoms with Gasteiger partial charge in [-0.05, 0) is 178 Å². The summed E-state index contributed by atoms with van der Waals surface area (Å²) in [5.41, 5.74) is 15.3. The van der Waals surface area contributed by atoms with Crippen LogP contribution in [0.4, 0.5) is 0 Å². The minimum atomic E-state index is 0.299. The lowest BCUT2D eigenvalue weighted by Crippen LogP contribution is -2.48. The maximum absolute atomic E-state index is 7.07. The van der Waals surface area contributed by atoms with Crippen molar-refractivity contribution in [3.05, 3.63) is 230 Å². The summed E-state index contributed by atoms with van der Waals surface area (Å²) in [4.78, 5) is 16.8. The van der Waals surface area contributed by atoms with Crippen molar-refractivity contribution < 1.29 is 8.83 Å². The van der Waals surface area contributed by atoms with Crippen molar-refractivity contribution in [2.24, 2.45) is 17.8 Å². The molecule has 0 atom stereocenters. The van der Waals surface area contributed by atoms with Gasteiger partial charge in [-0.25, -0.2) is 15.0 Å². The van der Waals surface area contributed by atoms with Gasteiger partial charge >= 0.3 is 0 Å². The van der Waals surface area contributed by atoms with Gasteiger partial charge in [0.1, 0.15) is 22.3 Å². The summed E-state index contributed by atoms with van der Waals surface area (Å²) in [5, 5.41) is 10.9. The highest BCUT2D eigenvalue weighted by atomic mass is 16.3. The Bertz CT molecular complexity index is 5070. The van der Waals surface area contributed by atoms with Gasteiger partial charge in [0.25, 0.3) is 0 Å². The molecule has 4 heterocycles. The van der Waals surface area contributed by atoms with E-state index in [-0.39, 0.29) is 0 Å². The molecule has 0 unspecified atom stereocenters. The number of hydrogen-bond donors (Lipinski definition) is 0. The van der Waals surface area contributed by atoms with Gasteiger partial charge in [-0.15, -0.1) is 0 Å². The van der Waals surface area contributed by atoms with Crippen LogP contribution in [0.5, 0.6) is 0 Å². The van der Waals surface area contributed by atoms with E-state index in [2.05, 4.69) is 217 Å². The molecule has 4 aromatic heterocycles. The molecule has 384 valence electrons. The zero-order valence-electron chi connectivity index (χ0n) is 44.4. The first-order valence-corrected chi connectivity index (χ1v) is 28.8.